The van der Waals surface area contributed by atoms with Gasteiger partial charge in [0.1, 0.15) is 5.82 Å². The second kappa shape index (κ2) is 6.23. The average molecular weight is 278 g/mol. The van der Waals surface area contributed by atoms with Crippen LogP contribution < -0.4 is 5.32 Å². The third kappa shape index (κ3) is 2.75. The van der Waals surface area contributed by atoms with Crippen LogP contribution >= 0.6 is 0 Å². The van der Waals surface area contributed by atoms with Crippen molar-refractivity contribution in [3.63, 3.8) is 0 Å². The zero-order chi connectivity index (χ0) is 14.8. The number of hydrogen-bond acceptors (Lipinski definition) is 2. The normalized spacial score (nSPS) is 19.5. The molecule has 1 aliphatic rings. The van der Waals surface area contributed by atoms with Crippen molar-refractivity contribution in [2.24, 2.45) is 0 Å². The van der Waals surface area contributed by atoms with Crippen LogP contribution in [0.3, 0.4) is 0 Å². The Labute approximate surface area is 122 Å². The van der Waals surface area contributed by atoms with Gasteiger partial charge in [0, 0.05) is 5.54 Å². The third-order valence-corrected chi connectivity index (χ3v) is 4.82. The molecule has 2 nitrogen and oxygen atoms in total. The highest BCUT2D eigenvalue weighted by Crippen LogP contribution is 2.43. The Morgan fingerprint density at radius 3 is 2.45 bits per heavy atom. The van der Waals surface area contributed by atoms with Crippen LogP contribution in [0.1, 0.15) is 49.8 Å². The predicted octanol–water partition coefficient (Wildman–Crippen LogP) is 3.66. The first kappa shape index (κ1) is 15.5. The molecule has 1 saturated carbocycles. The Balaban J connectivity index is 2.41. The van der Waals surface area contributed by atoms with Crippen LogP contribution in [0.15, 0.2) is 18.2 Å². The van der Waals surface area contributed by atoms with Crippen molar-refractivity contribution in [2.75, 3.05) is 20.6 Å². The van der Waals surface area contributed by atoms with Gasteiger partial charge >= 0.3 is 0 Å². The second-order valence-corrected chi connectivity index (χ2v) is 6.20. The number of aryl methyl sites for hydroxylation is 1. The highest BCUT2D eigenvalue weighted by molar-refractivity contribution is 5.29. The van der Waals surface area contributed by atoms with E-state index in [9.17, 15) is 4.39 Å². The maximum atomic E-state index is 13.5. The van der Waals surface area contributed by atoms with Gasteiger partial charge < -0.3 is 10.2 Å². The fourth-order valence-electron chi connectivity index (χ4n) is 3.65. The van der Waals surface area contributed by atoms with Gasteiger partial charge in [-0.25, -0.2) is 4.39 Å². The topological polar surface area (TPSA) is 15.3 Å². The number of benzene rings is 1. The summed E-state index contributed by atoms with van der Waals surface area (Å²) in [6.07, 6.45) is 4.96. The second-order valence-electron chi connectivity index (χ2n) is 6.20. The van der Waals surface area contributed by atoms with Gasteiger partial charge in [-0.05, 0) is 57.6 Å². The molecule has 1 unspecified atom stereocenters. The summed E-state index contributed by atoms with van der Waals surface area (Å²) in [4.78, 5) is 2.37. The van der Waals surface area contributed by atoms with Crippen molar-refractivity contribution in [3.05, 3.63) is 35.1 Å². The van der Waals surface area contributed by atoms with Gasteiger partial charge in [-0.1, -0.05) is 31.9 Å². The fraction of sp³-hybridized carbons (Fsp3) is 0.647. The van der Waals surface area contributed by atoms with Gasteiger partial charge in [0.2, 0.25) is 0 Å². The summed E-state index contributed by atoms with van der Waals surface area (Å²) >= 11 is 0. The number of halogens is 1. The summed E-state index contributed by atoms with van der Waals surface area (Å²) in [7, 11) is 4.35. The van der Waals surface area contributed by atoms with E-state index in [-0.39, 0.29) is 17.4 Å². The molecule has 0 bridgehead atoms. The molecule has 0 aromatic heterocycles. The fourth-order valence-corrected chi connectivity index (χ4v) is 3.65. The molecule has 112 valence electrons. The highest BCUT2D eigenvalue weighted by atomic mass is 19.1. The Morgan fingerprint density at radius 1 is 1.30 bits per heavy atom. The van der Waals surface area contributed by atoms with E-state index in [1.54, 1.807) is 6.07 Å². The predicted molar refractivity (Wildman–Crippen MR) is 82.4 cm³/mol. The van der Waals surface area contributed by atoms with Crippen LogP contribution in [0.2, 0.25) is 0 Å². The van der Waals surface area contributed by atoms with Crippen molar-refractivity contribution < 1.29 is 4.39 Å². The Hall–Kier alpha value is -0.930. The minimum absolute atomic E-state index is 0.116. The van der Waals surface area contributed by atoms with Gasteiger partial charge in [0.05, 0.1) is 6.04 Å². The Bertz CT molecular complexity index is 450. The van der Waals surface area contributed by atoms with E-state index < -0.39 is 0 Å². The molecule has 1 N–H and O–H groups in total. The van der Waals surface area contributed by atoms with E-state index >= 15 is 0 Å². The molecule has 1 atom stereocenters. The number of nitrogens with zero attached hydrogens (tertiary/aromatic N) is 1. The molecule has 20 heavy (non-hydrogen) atoms. The van der Waals surface area contributed by atoms with Crippen LogP contribution in [0.5, 0.6) is 0 Å². The lowest BCUT2D eigenvalue weighted by atomic mass is 9.82. The maximum absolute atomic E-state index is 13.5. The first-order valence-corrected chi connectivity index (χ1v) is 7.68. The van der Waals surface area contributed by atoms with Crippen molar-refractivity contribution in [3.8, 4) is 0 Å². The first-order valence-electron chi connectivity index (χ1n) is 7.68. The van der Waals surface area contributed by atoms with E-state index in [1.165, 1.54) is 31.2 Å². The molecule has 1 fully saturated rings. The summed E-state index contributed by atoms with van der Waals surface area (Å²) in [5.74, 6) is -0.116. The zero-order valence-corrected chi connectivity index (χ0v) is 13.2. The van der Waals surface area contributed by atoms with Gasteiger partial charge in [-0.15, -0.1) is 0 Å². The van der Waals surface area contributed by atoms with Crippen molar-refractivity contribution >= 4 is 0 Å². The monoisotopic (exact) mass is 278 g/mol. The molecule has 1 aromatic carbocycles. The van der Waals surface area contributed by atoms with Gasteiger partial charge in [0.25, 0.3) is 0 Å². The number of rotatable bonds is 5. The molecular weight excluding hydrogens is 251 g/mol. The van der Waals surface area contributed by atoms with Crippen molar-refractivity contribution in [1.29, 1.82) is 0 Å². The van der Waals surface area contributed by atoms with E-state index in [2.05, 4.69) is 31.2 Å². The van der Waals surface area contributed by atoms with E-state index in [0.29, 0.717) is 0 Å². The largest absolute Gasteiger partial charge is 0.309 e. The van der Waals surface area contributed by atoms with Gasteiger partial charge in [-0.3, -0.25) is 0 Å². The molecular formula is C17H27FN2. The van der Waals surface area contributed by atoms with E-state index in [0.717, 1.165) is 12.1 Å². The van der Waals surface area contributed by atoms with Gasteiger partial charge in [-0.2, -0.15) is 0 Å². The molecule has 0 spiro atoms. The third-order valence-electron chi connectivity index (χ3n) is 4.82. The van der Waals surface area contributed by atoms with Crippen molar-refractivity contribution in [1.82, 2.24) is 10.2 Å². The molecule has 1 aliphatic carbocycles. The molecule has 2 rings (SSSR count). The summed E-state index contributed by atoms with van der Waals surface area (Å²) in [5, 5.41) is 3.65. The lowest BCUT2D eigenvalue weighted by molar-refractivity contribution is 0.105. The molecule has 0 saturated heterocycles. The number of nitrogens with one attached hydrogen (secondary N) is 1. The standard InChI is InChI=1S/C17H27FN2/c1-5-19-16(14-8-9-15(18)13(2)12-14)17(20(3)4)10-6-7-11-17/h8-9,12,16,19H,5-7,10-11H2,1-4H3. The first-order chi connectivity index (χ1) is 9.51. The quantitative estimate of drug-likeness (QED) is 0.884. The smallest absolute Gasteiger partial charge is 0.126 e. The Morgan fingerprint density at radius 2 is 1.95 bits per heavy atom. The summed E-state index contributed by atoms with van der Waals surface area (Å²) in [6.45, 7) is 4.91. The minimum atomic E-state index is -0.116. The maximum Gasteiger partial charge on any atom is 0.126 e. The molecule has 0 aliphatic heterocycles. The molecule has 3 heteroatoms. The summed E-state index contributed by atoms with van der Waals surface area (Å²) in [5.41, 5.74) is 2.10. The summed E-state index contributed by atoms with van der Waals surface area (Å²) < 4.78 is 13.5. The average Bonchev–Trinajstić information content (AvgIpc) is 2.90. The Kier molecular flexibility index (Phi) is 4.82. The minimum Gasteiger partial charge on any atom is -0.309 e. The zero-order valence-electron chi connectivity index (χ0n) is 13.2. The van der Waals surface area contributed by atoms with Crippen LogP contribution in [0, 0.1) is 12.7 Å². The van der Waals surface area contributed by atoms with Gasteiger partial charge in [0.15, 0.2) is 0 Å². The molecule has 0 heterocycles. The van der Waals surface area contributed by atoms with Crippen molar-refractivity contribution in [2.45, 2.75) is 51.1 Å². The van der Waals surface area contributed by atoms with Crippen LogP contribution in [-0.4, -0.2) is 31.1 Å². The SMILES string of the molecule is CCNC(c1ccc(F)c(C)c1)C1(N(C)C)CCCC1. The molecule has 1 aromatic rings. The molecule has 0 radical (unpaired) electrons. The lowest BCUT2D eigenvalue weighted by Crippen LogP contribution is -2.52. The van der Waals surface area contributed by atoms with Crippen LogP contribution in [0.4, 0.5) is 4.39 Å². The van der Waals surface area contributed by atoms with Crippen LogP contribution in [-0.2, 0) is 0 Å². The number of hydrogen-bond donors (Lipinski definition) is 1. The number of likely N-dealkylation sites (N-methyl/N-ethyl adjacent to an activating group) is 2. The van der Waals surface area contributed by atoms with Crippen LogP contribution in [0.25, 0.3) is 0 Å². The lowest BCUT2D eigenvalue weighted by Gasteiger charge is -2.44. The van der Waals surface area contributed by atoms with E-state index in [4.69, 9.17) is 0 Å². The van der Waals surface area contributed by atoms with E-state index in [1.807, 2.05) is 19.1 Å². The molecule has 0 amide bonds. The highest BCUT2D eigenvalue weighted by Gasteiger charge is 2.43. The summed E-state index contributed by atoms with van der Waals surface area (Å²) in [6, 6.07) is 5.82.